The molecular formula is C14H17FN2O. The summed E-state index contributed by atoms with van der Waals surface area (Å²) in [7, 11) is 1.92. The molecule has 0 saturated heterocycles. The zero-order valence-electron chi connectivity index (χ0n) is 10.7. The fourth-order valence-electron chi connectivity index (χ4n) is 1.87. The smallest absolute Gasteiger partial charge is 0.194 e. The van der Waals surface area contributed by atoms with E-state index in [2.05, 4.69) is 10.3 Å². The molecule has 0 aliphatic heterocycles. The van der Waals surface area contributed by atoms with Crippen LogP contribution in [0.15, 0.2) is 28.8 Å². The maximum Gasteiger partial charge on any atom is 0.194 e. The topological polar surface area (TPSA) is 38.1 Å². The number of hydrogen-bond acceptors (Lipinski definition) is 3. The molecule has 2 rings (SSSR count). The van der Waals surface area contributed by atoms with Crippen molar-refractivity contribution in [3.05, 3.63) is 41.7 Å². The lowest BCUT2D eigenvalue weighted by atomic mass is 10.1. The van der Waals surface area contributed by atoms with Crippen LogP contribution in [0.25, 0.3) is 11.3 Å². The van der Waals surface area contributed by atoms with Crippen molar-refractivity contribution >= 4 is 0 Å². The van der Waals surface area contributed by atoms with Crippen molar-refractivity contribution in [1.29, 1.82) is 0 Å². The van der Waals surface area contributed by atoms with E-state index in [0.717, 1.165) is 36.4 Å². The van der Waals surface area contributed by atoms with Crippen LogP contribution >= 0.6 is 0 Å². The van der Waals surface area contributed by atoms with E-state index in [1.807, 2.05) is 14.0 Å². The van der Waals surface area contributed by atoms with Gasteiger partial charge in [0.05, 0.1) is 6.20 Å². The Bertz CT molecular complexity index is 522. The first-order valence-corrected chi connectivity index (χ1v) is 6.06. The van der Waals surface area contributed by atoms with E-state index in [1.54, 1.807) is 12.3 Å². The van der Waals surface area contributed by atoms with Crippen molar-refractivity contribution in [2.24, 2.45) is 0 Å². The van der Waals surface area contributed by atoms with Crippen LogP contribution in [0.5, 0.6) is 0 Å². The van der Waals surface area contributed by atoms with Gasteiger partial charge in [-0.2, -0.15) is 0 Å². The van der Waals surface area contributed by atoms with E-state index in [0.29, 0.717) is 5.76 Å². The lowest BCUT2D eigenvalue weighted by molar-refractivity contribution is 0.495. The molecule has 0 fully saturated rings. The molecule has 1 aromatic heterocycles. The van der Waals surface area contributed by atoms with Crippen LogP contribution in [0.4, 0.5) is 4.39 Å². The summed E-state index contributed by atoms with van der Waals surface area (Å²) in [6.07, 6.45) is 3.49. The standard InChI is InChI=1S/C14H17FN2O/c1-10-8-11(15)5-6-12(10)13-9-17-14(18-13)4-3-7-16-2/h5-6,8-9,16H,3-4,7H2,1-2H3. The number of halogens is 1. The molecule has 0 saturated carbocycles. The van der Waals surface area contributed by atoms with Crippen LogP contribution in [0.2, 0.25) is 0 Å². The van der Waals surface area contributed by atoms with Gasteiger partial charge in [-0.3, -0.25) is 0 Å². The molecule has 0 aliphatic rings. The highest BCUT2D eigenvalue weighted by Gasteiger charge is 2.09. The Balaban J connectivity index is 2.13. The van der Waals surface area contributed by atoms with Crippen molar-refractivity contribution < 1.29 is 8.81 Å². The molecule has 2 aromatic rings. The summed E-state index contributed by atoms with van der Waals surface area (Å²) in [5, 5.41) is 3.08. The lowest BCUT2D eigenvalue weighted by Gasteiger charge is -2.01. The van der Waals surface area contributed by atoms with Crippen LogP contribution in [-0.4, -0.2) is 18.6 Å². The van der Waals surface area contributed by atoms with Gasteiger partial charge in [0, 0.05) is 12.0 Å². The first kappa shape index (κ1) is 12.8. The first-order chi connectivity index (χ1) is 8.70. The Morgan fingerprint density at radius 2 is 2.22 bits per heavy atom. The fourth-order valence-corrected chi connectivity index (χ4v) is 1.87. The van der Waals surface area contributed by atoms with Gasteiger partial charge in [-0.25, -0.2) is 9.37 Å². The molecule has 96 valence electrons. The van der Waals surface area contributed by atoms with E-state index in [1.165, 1.54) is 12.1 Å². The second kappa shape index (κ2) is 5.78. The van der Waals surface area contributed by atoms with Crippen molar-refractivity contribution in [2.75, 3.05) is 13.6 Å². The molecular weight excluding hydrogens is 231 g/mol. The molecule has 3 nitrogen and oxygen atoms in total. The van der Waals surface area contributed by atoms with Crippen molar-refractivity contribution in [1.82, 2.24) is 10.3 Å². The summed E-state index contributed by atoms with van der Waals surface area (Å²) < 4.78 is 18.7. The maximum atomic E-state index is 13.0. The van der Waals surface area contributed by atoms with Crippen LogP contribution in [0.1, 0.15) is 17.9 Å². The van der Waals surface area contributed by atoms with Crippen molar-refractivity contribution in [2.45, 2.75) is 19.8 Å². The molecule has 0 amide bonds. The third-order valence-corrected chi connectivity index (χ3v) is 2.82. The minimum atomic E-state index is -0.231. The first-order valence-electron chi connectivity index (χ1n) is 6.06. The summed E-state index contributed by atoms with van der Waals surface area (Å²) in [6.45, 7) is 2.80. The van der Waals surface area contributed by atoms with E-state index in [-0.39, 0.29) is 5.82 Å². The predicted molar refractivity (Wildman–Crippen MR) is 68.9 cm³/mol. The van der Waals surface area contributed by atoms with Gasteiger partial charge < -0.3 is 9.73 Å². The molecule has 0 aliphatic carbocycles. The van der Waals surface area contributed by atoms with E-state index >= 15 is 0 Å². The highest BCUT2D eigenvalue weighted by Crippen LogP contribution is 2.25. The molecule has 1 heterocycles. The minimum absolute atomic E-state index is 0.231. The van der Waals surface area contributed by atoms with Gasteiger partial charge in [0.1, 0.15) is 5.82 Å². The van der Waals surface area contributed by atoms with Gasteiger partial charge >= 0.3 is 0 Å². The number of nitrogens with zero attached hydrogens (tertiary/aromatic N) is 1. The average Bonchev–Trinajstić information content (AvgIpc) is 2.78. The van der Waals surface area contributed by atoms with Crippen LogP contribution < -0.4 is 5.32 Å². The van der Waals surface area contributed by atoms with Crippen LogP contribution in [-0.2, 0) is 6.42 Å². The maximum absolute atomic E-state index is 13.0. The SMILES string of the molecule is CNCCCc1ncc(-c2ccc(F)cc2C)o1. The van der Waals surface area contributed by atoms with E-state index < -0.39 is 0 Å². The zero-order chi connectivity index (χ0) is 13.0. The molecule has 1 N–H and O–H groups in total. The van der Waals surface area contributed by atoms with Gasteiger partial charge in [0.15, 0.2) is 11.7 Å². The summed E-state index contributed by atoms with van der Waals surface area (Å²) in [5.74, 6) is 1.20. The van der Waals surface area contributed by atoms with Crippen molar-refractivity contribution in [3.8, 4) is 11.3 Å². The average molecular weight is 248 g/mol. The lowest BCUT2D eigenvalue weighted by Crippen LogP contribution is -2.08. The molecule has 18 heavy (non-hydrogen) atoms. The van der Waals surface area contributed by atoms with E-state index in [4.69, 9.17) is 4.42 Å². The highest BCUT2D eigenvalue weighted by atomic mass is 19.1. The fraction of sp³-hybridized carbons (Fsp3) is 0.357. The summed E-state index contributed by atoms with van der Waals surface area (Å²) in [5.41, 5.74) is 1.75. The number of benzene rings is 1. The number of hydrogen-bond donors (Lipinski definition) is 1. The Kier molecular flexibility index (Phi) is 4.10. The normalized spacial score (nSPS) is 10.8. The van der Waals surface area contributed by atoms with Gasteiger partial charge in [0.25, 0.3) is 0 Å². The Morgan fingerprint density at radius 3 is 2.94 bits per heavy atom. The molecule has 0 radical (unpaired) electrons. The largest absolute Gasteiger partial charge is 0.441 e. The van der Waals surface area contributed by atoms with Gasteiger partial charge in [-0.15, -0.1) is 0 Å². The Labute approximate surface area is 106 Å². The number of rotatable bonds is 5. The van der Waals surface area contributed by atoms with E-state index in [9.17, 15) is 4.39 Å². The number of nitrogens with one attached hydrogen (secondary N) is 1. The van der Waals surface area contributed by atoms with Crippen molar-refractivity contribution in [3.63, 3.8) is 0 Å². The third kappa shape index (κ3) is 2.96. The zero-order valence-corrected chi connectivity index (χ0v) is 10.7. The highest BCUT2D eigenvalue weighted by molar-refractivity contribution is 5.60. The van der Waals surface area contributed by atoms with Gasteiger partial charge in [-0.1, -0.05) is 0 Å². The van der Waals surface area contributed by atoms with Gasteiger partial charge in [0.2, 0.25) is 0 Å². The molecule has 4 heteroatoms. The van der Waals surface area contributed by atoms with Crippen LogP contribution in [0, 0.1) is 12.7 Å². The summed E-state index contributed by atoms with van der Waals surface area (Å²) in [4.78, 5) is 4.24. The number of oxazole rings is 1. The second-order valence-corrected chi connectivity index (χ2v) is 4.28. The Hall–Kier alpha value is -1.68. The summed E-state index contributed by atoms with van der Waals surface area (Å²) in [6, 6.07) is 4.66. The molecule has 0 bridgehead atoms. The third-order valence-electron chi connectivity index (χ3n) is 2.82. The predicted octanol–water partition coefficient (Wildman–Crippen LogP) is 2.94. The second-order valence-electron chi connectivity index (χ2n) is 4.28. The Morgan fingerprint density at radius 1 is 1.39 bits per heavy atom. The monoisotopic (exact) mass is 248 g/mol. The molecule has 1 aromatic carbocycles. The number of aromatic nitrogens is 1. The molecule has 0 spiro atoms. The quantitative estimate of drug-likeness (QED) is 0.827. The minimum Gasteiger partial charge on any atom is -0.441 e. The van der Waals surface area contributed by atoms with Crippen LogP contribution in [0.3, 0.4) is 0 Å². The summed E-state index contributed by atoms with van der Waals surface area (Å²) >= 11 is 0. The molecule has 0 unspecified atom stereocenters. The molecule has 0 atom stereocenters. The number of aryl methyl sites for hydroxylation is 2. The van der Waals surface area contributed by atoms with Gasteiger partial charge in [-0.05, 0) is 50.7 Å².